The van der Waals surface area contributed by atoms with Gasteiger partial charge in [0.1, 0.15) is 5.82 Å². The van der Waals surface area contributed by atoms with E-state index in [4.69, 9.17) is 0 Å². The van der Waals surface area contributed by atoms with Crippen LogP contribution in [0.5, 0.6) is 0 Å². The van der Waals surface area contributed by atoms with Gasteiger partial charge in [0.25, 0.3) is 0 Å². The van der Waals surface area contributed by atoms with E-state index in [0.717, 1.165) is 28.7 Å². The second-order valence-electron chi connectivity index (χ2n) is 5.76. The number of hydrogen-bond acceptors (Lipinski definition) is 5. The Kier molecular flexibility index (Phi) is 6.25. The molecule has 2 aromatic heterocycles. The van der Waals surface area contributed by atoms with Crippen LogP contribution in [0.1, 0.15) is 16.3 Å². The van der Waals surface area contributed by atoms with Crippen molar-refractivity contribution >= 4 is 34.7 Å². The number of rotatable bonds is 8. The summed E-state index contributed by atoms with van der Waals surface area (Å²) in [5.41, 5.74) is 1.96. The molecule has 1 aromatic carbocycles. The first-order valence-corrected chi connectivity index (χ1v) is 10.1. The molecular formula is C19H20N4OS2. The average molecular weight is 385 g/mol. The van der Waals surface area contributed by atoms with Crippen LogP contribution in [-0.2, 0) is 17.8 Å². The average Bonchev–Trinajstić information content (AvgIpc) is 3.27. The van der Waals surface area contributed by atoms with E-state index in [0.29, 0.717) is 6.54 Å². The topological polar surface area (TPSA) is 59.8 Å². The molecule has 0 aliphatic carbocycles. The van der Waals surface area contributed by atoms with Crippen LogP contribution in [0, 0.1) is 6.92 Å². The number of anilines is 1. The molecule has 26 heavy (non-hydrogen) atoms. The lowest BCUT2D eigenvalue weighted by Gasteiger charge is -2.08. The third kappa shape index (κ3) is 4.83. The fraction of sp³-hybridized carbons (Fsp3) is 0.211. The highest BCUT2D eigenvalue weighted by Gasteiger charge is 2.14. The number of carbonyl (C=O) groups is 1. The van der Waals surface area contributed by atoms with E-state index in [9.17, 15) is 4.79 Å². The normalized spacial score (nSPS) is 10.7. The van der Waals surface area contributed by atoms with E-state index in [1.165, 1.54) is 16.6 Å². The van der Waals surface area contributed by atoms with Crippen molar-refractivity contribution in [3.63, 3.8) is 0 Å². The molecule has 5 nitrogen and oxygen atoms in total. The fourth-order valence-corrected chi connectivity index (χ4v) is 3.87. The monoisotopic (exact) mass is 384 g/mol. The van der Waals surface area contributed by atoms with Crippen molar-refractivity contribution in [2.24, 2.45) is 0 Å². The molecule has 0 radical (unpaired) electrons. The minimum absolute atomic E-state index is 0.0631. The molecule has 1 amide bonds. The van der Waals surface area contributed by atoms with Crippen LogP contribution in [0.2, 0.25) is 0 Å². The zero-order chi connectivity index (χ0) is 18.4. The first kappa shape index (κ1) is 18.4. The molecule has 0 fully saturated rings. The van der Waals surface area contributed by atoms with Gasteiger partial charge in [-0.25, -0.2) is 0 Å². The van der Waals surface area contributed by atoms with Gasteiger partial charge in [-0.1, -0.05) is 41.6 Å². The van der Waals surface area contributed by atoms with E-state index in [1.807, 2.05) is 47.9 Å². The van der Waals surface area contributed by atoms with Gasteiger partial charge in [-0.2, -0.15) is 0 Å². The number of nitrogens with one attached hydrogen (secondary N) is 1. The van der Waals surface area contributed by atoms with Crippen molar-refractivity contribution < 1.29 is 4.79 Å². The van der Waals surface area contributed by atoms with Crippen LogP contribution in [0.25, 0.3) is 0 Å². The Balaban J connectivity index is 1.63. The smallest absolute Gasteiger partial charge is 0.234 e. The molecule has 0 saturated carbocycles. The van der Waals surface area contributed by atoms with E-state index >= 15 is 0 Å². The Morgan fingerprint density at radius 1 is 1.31 bits per heavy atom. The van der Waals surface area contributed by atoms with Crippen molar-refractivity contribution in [3.8, 4) is 0 Å². The number of thiophene rings is 1. The van der Waals surface area contributed by atoms with Gasteiger partial charge in [-0.15, -0.1) is 28.1 Å². The van der Waals surface area contributed by atoms with Crippen LogP contribution in [0.4, 0.5) is 5.69 Å². The number of aryl methyl sites for hydroxylation is 1. The van der Waals surface area contributed by atoms with Crippen molar-refractivity contribution in [3.05, 3.63) is 70.7 Å². The molecule has 7 heteroatoms. The Labute approximate surface area is 161 Å². The van der Waals surface area contributed by atoms with Crippen LogP contribution < -0.4 is 5.32 Å². The third-order valence-corrected chi connectivity index (χ3v) is 5.53. The highest BCUT2D eigenvalue weighted by Crippen LogP contribution is 2.21. The minimum atomic E-state index is -0.0631. The summed E-state index contributed by atoms with van der Waals surface area (Å²) in [7, 11) is 0. The molecule has 0 spiro atoms. The summed E-state index contributed by atoms with van der Waals surface area (Å²) in [4.78, 5) is 13.4. The lowest BCUT2D eigenvalue weighted by molar-refractivity contribution is -0.113. The van der Waals surface area contributed by atoms with Crippen LogP contribution in [0.3, 0.4) is 0 Å². The maximum absolute atomic E-state index is 12.2. The molecular weight excluding hydrogens is 364 g/mol. The zero-order valence-corrected chi connectivity index (χ0v) is 16.1. The Hall–Kier alpha value is -2.38. The number of allylic oxidation sites excluding steroid dienone is 1. The first-order valence-electron chi connectivity index (χ1n) is 8.20. The number of hydrogen-bond donors (Lipinski definition) is 1. The summed E-state index contributed by atoms with van der Waals surface area (Å²) < 4.78 is 2.01. The third-order valence-electron chi connectivity index (χ3n) is 3.69. The molecule has 134 valence electrons. The number of benzene rings is 1. The van der Waals surface area contributed by atoms with Gasteiger partial charge in [0.2, 0.25) is 5.91 Å². The quantitative estimate of drug-likeness (QED) is 0.468. The Morgan fingerprint density at radius 2 is 2.12 bits per heavy atom. The van der Waals surface area contributed by atoms with Gasteiger partial charge >= 0.3 is 0 Å². The number of aromatic nitrogens is 3. The Morgan fingerprint density at radius 3 is 2.81 bits per heavy atom. The highest BCUT2D eigenvalue weighted by atomic mass is 32.2. The van der Waals surface area contributed by atoms with Crippen molar-refractivity contribution in [2.75, 3.05) is 11.1 Å². The fourth-order valence-electron chi connectivity index (χ4n) is 2.40. The van der Waals surface area contributed by atoms with Crippen molar-refractivity contribution in [1.82, 2.24) is 14.8 Å². The largest absolute Gasteiger partial charge is 0.325 e. The maximum atomic E-state index is 12.2. The molecule has 0 unspecified atom stereocenters. The van der Waals surface area contributed by atoms with Gasteiger partial charge in [0.05, 0.1) is 5.75 Å². The summed E-state index contributed by atoms with van der Waals surface area (Å²) in [5, 5.41) is 14.2. The summed E-state index contributed by atoms with van der Waals surface area (Å²) in [6.45, 7) is 6.45. The molecule has 3 rings (SSSR count). The van der Waals surface area contributed by atoms with Crippen LogP contribution in [-0.4, -0.2) is 26.4 Å². The zero-order valence-electron chi connectivity index (χ0n) is 14.5. The minimum Gasteiger partial charge on any atom is -0.325 e. The van der Waals surface area contributed by atoms with Gasteiger partial charge in [0, 0.05) is 23.5 Å². The van der Waals surface area contributed by atoms with Crippen LogP contribution in [0.15, 0.2) is 59.6 Å². The number of amides is 1. The predicted octanol–water partition coefficient (Wildman–Crippen LogP) is 4.16. The van der Waals surface area contributed by atoms with Gasteiger partial charge < -0.3 is 9.88 Å². The summed E-state index contributed by atoms with van der Waals surface area (Å²) >= 11 is 3.08. The van der Waals surface area contributed by atoms with Gasteiger partial charge in [-0.3, -0.25) is 4.79 Å². The second-order valence-corrected chi connectivity index (χ2v) is 7.73. The van der Waals surface area contributed by atoms with Crippen LogP contribution >= 0.6 is 23.1 Å². The molecule has 0 saturated heterocycles. The standard InChI is InChI=1S/C19H20N4OS2/c1-3-10-23-17(12-16-5-4-11-25-16)21-22-19(23)26-13-18(24)20-15-8-6-14(2)7-9-15/h3-9,11H,1,10,12-13H2,2H3,(H,20,24). The molecule has 0 aliphatic rings. The van der Waals surface area contributed by atoms with Gasteiger partial charge in [-0.05, 0) is 30.5 Å². The SMILES string of the molecule is C=CCn1c(Cc2cccs2)nnc1SCC(=O)Nc1ccc(C)cc1. The van der Waals surface area contributed by atoms with Gasteiger partial charge in [0.15, 0.2) is 5.16 Å². The van der Waals surface area contributed by atoms with Crippen molar-refractivity contribution in [2.45, 2.75) is 25.0 Å². The summed E-state index contributed by atoms with van der Waals surface area (Å²) in [6, 6.07) is 11.9. The van der Waals surface area contributed by atoms with E-state index in [1.54, 1.807) is 11.3 Å². The van der Waals surface area contributed by atoms with E-state index in [2.05, 4.69) is 33.5 Å². The summed E-state index contributed by atoms with van der Waals surface area (Å²) in [6.07, 6.45) is 2.55. The summed E-state index contributed by atoms with van der Waals surface area (Å²) in [5.74, 6) is 1.10. The predicted molar refractivity (Wildman–Crippen MR) is 108 cm³/mol. The Bertz CT molecular complexity index is 870. The maximum Gasteiger partial charge on any atom is 0.234 e. The molecule has 2 heterocycles. The molecule has 0 bridgehead atoms. The number of thioether (sulfide) groups is 1. The molecule has 0 atom stereocenters. The highest BCUT2D eigenvalue weighted by molar-refractivity contribution is 7.99. The number of carbonyl (C=O) groups excluding carboxylic acids is 1. The second kappa shape index (κ2) is 8.82. The van der Waals surface area contributed by atoms with Crippen molar-refractivity contribution in [1.29, 1.82) is 0 Å². The van der Waals surface area contributed by atoms with E-state index in [-0.39, 0.29) is 11.7 Å². The lowest BCUT2D eigenvalue weighted by Crippen LogP contribution is -2.14. The van der Waals surface area contributed by atoms with E-state index < -0.39 is 0 Å². The number of nitrogens with zero attached hydrogens (tertiary/aromatic N) is 3. The molecule has 3 aromatic rings. The molecule has 1 N–H and O–H groups in total. The first-order chi connectivity index (χ1) is 12.7. The lowest BCUT2D eigenvalue weighted by atomic mass is 10.2. The molecule has 0 aliphatic heterocycles.